The van der Waals surface area contributed by atoms with Crippen LogP contribution in [0, 0.1) is 11.7 Å². The first-order valence-corrected chi connectivity index (χ1v) is 9.92. The molecule has 1 aliphatic rings. The molecule has 2 atom stereocenters. The molecule has 2 heterocycles. The van der Waals surface area contributed by atoms with E-state index in [-0.39, 0.29) is 42.6 Å². The van der Waals surface area contributed by atoms with Crippen LogP contribution in [0.4, 0.5) is 4.39 Å². The van der Waals surface area contributed by atoms with Crippen LogP contribution in [0.5, 0.6) is 0 Å². The van der Waals surface area contributed by atoms with Gasteiger partial charge in [0.05, 0.1) is 18.7 Å². The van der Waals surface area contributed by atoms with Gasteiger partial charge < -0.3 is 15.3 Å². The lowest BCUT2D eigenvalue weighted by Crippen LogP contribution is -2.38. The molecule has 1 fully saturated rings. The van der Waals surface area contributed by atoms with Crippen molar-refractivity contribution in [2.75, 3.05) is 26.2 Å². The van der Waals surface area contributed by atoms with Crippen LogP contribution in [0.3, 0.4) is 0 Å². The number of aromatic nitrogens is 2. The molecule has 29 heavy (non-hydrogen) atoms. The van der Waals surface area contributed by atoms with Crippen LogP contribution in [0.1, 0.15) is 54.9 Å². The Bertz CT molecular complexity index is 775. The second-order valence-electron chi connectivity index (χ2n) is 7.85. The molecular formula is C21H30ClFN4O2. The molecule has 2 aromatic rings. The monoisotopic (exact) mass is 424 g/mol. The zero-order chi connectivity index (χ0) is 20.1. The number of rotatable bonds is 7. The fourth-order valence-electron chi connectivity index (χ4n) is 3.56. The number of hydrogen-bond donors (Lipinski definition) is 2. The summed E-state index contributed by atoms with van der Waals surface area (Å²) in [5.41, 5.74) is 0.972. The Morgan fingerprint density at radius 3 is 2.66 bits per heavy atom. The molecule has 1 aromatic heterocycles. The number of carbonyl (C=O) groups is 1. The maximum absolute atomic E-state index is 13.1. The number of nitrogens with one attached hydrogen (secondary N) is 1. The van der Waals surface area contributed by atoms with Crippen molar-refractivity contribution in [3.8, 4) is 0 Å². The Hall–Kier alpha value is -1.96. The first-order valence-electron chi connectivity index (χ1n) is 9.92. The predicted molar refractivity (Wildman–Crippen MR) is 113 cm³/mol. The Morgan fingerprint density at radius 2 is 2.03 bits per heavy atom. The number of amides is 1. The molecule has 1 aliphatic heterocycles. The number of hydrogen-bond acceptors (Lipinski definition) is 4. The first-order chi connectivity index (χ1) is 13.4. The summed E-state index contributed by atoms with van der Waals surface area (Å²) in [5.74, 6) is -0.305. The zero-order valence-corrected chi connectivity index (χ0v) is 17.7. The van der Waals surface area contributed by atoms with Crippen molar-refractivity contribution in [1.82, 2.24) is 20.0 Å². The van der Waals surface area contributed by atoms with Crippen LogP contribution in [0.2, 0.25) is 0 Å². The number of aliphatic hydroxyl groups is 1. The fraction of sp³-hybridized carbons (Fsp3) is 0.524. The number of benzene rings is 1. The van der Waals surface area contributed by atoms with E-state index in [0.29, 0.717) is 17.8 Å². The van der Waals surface area contributed by atoms with Crippen molar-refractivity contribution in [3.63, 3.8) is 0 Å². The maximum Gasteiger partial charge on any atom is 0.274 e. The summed E-state index contributed by atoms with van der Waals surface area (Å²) in [5, 5.41) is 18.4. The van der Waals surface area contributed by atoms with Gasteiger partial charge >= 0.3 is 0 Å². The average Bonchev–Trinajstić information content (AvgIpc) is 3.18. The van der Waals surface area contributed by atoms with E-state index in [0.717, 1.165) is 25.9 Å². The molecule has 2 N–H and O–H groups in total. The Labute approximate surface area is 177 Å². The van der Waals surface area contributed by atoms with E-state index in [1.165, 1.54) is 12.1 Å². The third-order valence-corrected chi connectivity index (χ3v) is 4.99. The van der Waals surface area contributed by atoms with Gasteiger partial charge in [0.25, 0.3) is 5.91 Å². The Kier molecular flexibility index (Phi) is 8.61. The molecule has 0 saturated carbocycles. The van der Waals surface area contributed by atoms with Crippen molar-refractivity contribution in [2.45, 2.75) is 38.8 Å². The molecule has 3 rings (SSSR count). The Balaban J connectivity index is 0.00000300. The molecule has 1 saturated heterocycles. The number of aliphatic hydroxyl groups excluding tert-OH is 1. The van der Waals surface area contributed by atoms with Crippen LogP contribution < -0.4 is 5.32 Å². The molecule has 0 bridgehead atoms. The predicted octanol–water partition coefficient (Wildman–Crippen LogP) is 3.20. The molecule has 8 heteroatoms. The highest BCUT2D eigenvalue weighted by Gasteiger charge is 2.24. The van der Waals surface area contributed by atoms with Gasteiger partial charge in [-0.3, -0.25) is 9.48 Å². The largest absolute Gasteiger partial charge is 0.387 e. The summed E-state index contributed by atoms with van der Waals surface area (Å²) in [6, 6.07) is 7.72. The fourth-order valence-corrected chi connectivity index (χ4v) is 3.56. The minimum absolute atomic E-state index is 0. The maximum atomic E-state index is 13.1. The summed E-state index contributed by atoms with van der Waals surface area (Å²) in [4.78, 5) is 14.7. The lowest BCUT2D eigenvalue weighted by molar-refractivity contribution is 0.0588. The summed E-state index contributed by atoms with van der Waals surface area (Å²) >= 11 is 0. The lowest BCUT2D eigenvalue weighted by atomic mass is 10.1. The number of halogens is 2. The molecule has 0 spiro atoms. The molecule has 2 unspecified atom stereocenters. The van der Waals surface area contributed by atoms with E-state index in [1.807, 2.05) is 24.7 Å². The van der Waals surface area contributed by atoms with Crippen LogP contribution in [0.15, 0.2) is 36.5 Å². The van der Waals surface area contributed by atoms with Gasteiger partial charge in [0, 0.05) is 19.3 Å². The van der Waals surface area contributed by atoms with Gasteiger partial charge in [-0.25, -0.2) is 4.39 Å². The smallest absolute Gasteiger partial charge is 0.274 e. The van der Waals surface area contributed by atoms with Crippen LogP contribution in [-0.2, 0) is 0 Å². The van der Waals surface area contributed by atoms with Crippen molar-refractivity contribution in [3.05, 3.63) is 53.6 Å². The van der Waals surface area contributed by atoms with Gasteiger partial charge in [-0.05, 0) is 49.1 Å². The van der Waals surface area contributed by atoms with Gasteiger partial charge in [0.15, 0.2) is 0 Å². The van der Waals surface area contributed by atoms with Crippen molar-refractivity contribution in [1.29, 1.82) is 0 Å². The van der Waals surface area contributed by atoms with Gasteiger partial charge in [-0.15, -0.1) is 12.4 Å². The van der Waals surface area contributed by atoms with Crippen molar-refractivity contribution >= 4 is 18.3 Å². The summed E-state index contributed by atoms with van der Waals surface area (Å²) in [6.07, 6.45) is 3.11. The topological polar surface area (TPSA) is 70.4 Å². The molecule has 1 amide bonds. The van der Waals surface area contributed by atoms with Gasteiger partial charge in [-0.1, -0.05) is 26.0 Å². The summed E-state index contributed by atoms with van der Waals surface area (Å²) in [7, 11) is 0. The van der Waals surface area contributed by atoms with E-state index in [9.17, 15) is 14.3 Å². The van der Waals surface area contributed by atoms with E-state index in [4.69, 9.17) is 0 Å². The number of carbonyl (C=O) groups excluding carboxylic acids is 1. The summed E-state index contributed by atoms with van der Waals surface area (Å²) < 4.78 is 15.0. The van der Waals surface area contributed by atoms with Crippen molar-refractivity contribution < 1.29 is 14.3 Å². The third-order valence-electron chi connectivity index (χ3n) is 4.99. The highest BCUT2D eigenvalue weighted by molar-refractivity contribution is 5.92. The van der Waals surface area contributed by atoms with Crippen LogP contribution in [0.25, 0.3) is 0 Å². The van der Waals surface area contributed by atoms with Gasteiger partial charge in [0.2, 0.25) is 0 Å². The van der Waals surface area contributed by atoms with E-state index < -0.39 is 6.10 Å². The Morgan fingerprint density at radius 1 is 1.31 bits per heavy atom. The molecule has 6 nitrogen and oxygen atoms in total. The third kappa shape index (κ3) is 6.26. The van der Waals surface area contributed by atoms with Crippen LogP contribution >= 0.6 is 12.4 Å². The standard InChI is InChI=1S/C21H29FN4O2.ClH/c1-15(2)13-25(14-20(27)16-5-7-17(22)8-6-16)21(28)19-9-11-26(24-19)18-4-3-10-23-12-18;/h5-9,11,15,18,20,23,27H,3-4,10,12-14H2,1-2H3;1H. The highest BCUT2D eigenvalue weighted by atomic mass is 35.5. The SMILES string of the molecule is CC(C)CN(CC(O)c1ccc(F)cc1)C(=O)c1ccn(C2CCCNC2)n1.Cl. The number of piperidine rings is 1. The summed E-state index contributed by atoms with van der Waals surface area (Å²) in [6.45, 7) is 6.57. The minimum atomic E-state index is -0.882. The van der Waals surface area contributed by atoms with Gasteiger partial charge in [-0.2, -0.15) is 5.10 Å². The van der Waals surface area contributed by atoms with Gasteiger partial charge in [0.1, 0.15) is 11.5 Å². The second-order valence-corrected chi connectivity index (χ2v) is 7.85. The minimum Gasteiger partial charge on any atom is -0.387 e. The van der Waals surface area contributed by atoms with Crippen LogP contribution in [-0.4, -0.2) is 51.9 Å². The average molecular weight is 425 g/mol. The molecule has 0 aliphatic carbocycles. The zero-order valence-electron chi connectivity index (χ0n) is 16.9. The van der Waals surface area contributed by atoms with Crippen molar-refractivity contribution in [2.24, 2.45) is 5.92 Å². The van der Waals surface area contributed by atoms with E-state index >= 15 is 0 Å². The second kappa shape index (κ2) is 10.7. The molecule has 1 aromatic carbocycles. The highest BCUT2D eigenvalue weighted by Crippen LogP contribution is 2.19. The lowest BCUT2D eigenvalue weighted by Gasteiger charge is -2.27. The normalized spacial score (nSPS) is 17.6. The first kappa shape index (κ1) is 23.3. The molecule has 160 valence electrons. The van der Waals surface area contributed by atoms with E-state index in [2.05, 4.69) is 10.4 Å². The molecular weight excluding hydrogens is 395 g/mol. The van der Waals surface area contributed by atoms with E-state index in [1.54, 1.807) is 23.1 Å². The number of nitrogens with zero attached hydrogens (tertiary/aromatic N) is 3. The molecule has 0 radical (unpaired) electrons. The quantitative estimate of drug-likeness (QED) is 0.716.